The normalized spacial score (nSPS) is 12.8. The lowest BCUT2D eigenvalue weighted by Crippen LogP contribution is -2.27. The number of aryl methyl sites for hydroxylation is 1. The van der Waals surface area contributed by atoms with Crippen molar-refractivity contribution in [1.29, 1.82) is 0 Å². The lowest BCUT2D eigenvalue weighted by Gasteiger charge is -2.20. The van der Waals surface area contributed by atoms with Gasteiger partial charge in [-0.2, -0.15) is 0 Å². The summed E-state index contributed by atoms with van der Waals surface area (Å²) in [4.78, 5) is 6.43. The molecule has 1 heterocycles. The molecule has 102 valence electrons. The highest BCUT2D eigenvalue weighted by Gasteiger charge is 2.10. The maximum atomic E-state index is 10.1. The summed E-state index contributed by atoms with van der Waals surface area (Å²) in [5.41, 5.74) is 0.964. The Morgan fingerprint density at radius 3 is 2.68 bits per heavy atom. The lowest BCUT2D eigenvalue weighted by atomic mass is 10.1. The van der Waals surface area contributed by atoms with Crippen LogP contribution in [0.3, 0.4) is 0 Å². The number of imidazole rings is 1. The molecule has 0 aliphatic heterocycles. The van der Waals surface area contributed by atoms with Gasteiger partial charge in [0.2, 0.25) is 0 Å². The quantitative estimate of drug-likeness (QED) is 0.857. The zero-order chi connectivity index (χ0) is 13.7. The number of aromatic nitrogens is 2. The molecule has 19 heavy (non-hydrogen) atoms. The number of hydrogen-bond donors (Lipinski definition) is 1. The third kappa shape index (κ3) is 3.91. The third-order valence-corrected chi connectivity index (χ3v) is 3.31. The minimum absolute atomic E-state index is 0.437. The molecule has 0 saturated carbocycles. The Bertz CT molecular complexity index is 495. The van der Waals surface area contributed by atoms with Crippen LogP contribution < -0.4 is 0 Å². The van der Waals surface area contributed by atoms with Gasteiger partial charge >= 0.3 is 0 Å². The van der Waals surface area contributed by atoms with E-state index in [9.17, 15) is 5.11 Å². The molecular weight excluding hydrogens is 238 g/mol. The van der Waals surface area contributed by atoms with Crippen molar-refractivity contribution in [2.75, 3.05) is 20.1 Å². The van der Waals surface area contributed by atoms with E-state index in [1.54, 1.807) is 0 Å². The third-order valence-electron chi connectivity index (χ3n) is 3.31. The molecule has 0 aliphatic rings. The van der Waals surface area contributed by atoms with E-state index in [2.05, 4.69) is 9.88 Å². The van der Waals surface area contributed by atoms with Crippen LogP contribution in [0.5, 0.6) is 0 Å². The molecule has 2 aromatic rings. The Balaban J connectivity index is 1.81. The van der Waals surface area contributed by atoms with Crippen LogP contribution in [0.1, 0.15) is 17.5 Å². The number of nitrogens with zero attached hydrogens (tertiary/aromatic N) is 3. The summed E-state index contributed by atoms with van der Waals surface area (Å²) < 4.78 is 2.03. The van der Waals surface area contributed by atoms with Crippen molar-refractivity contribution in [1.82, 2.24) is 14.5 Å². The highest BCUT2D eigenvalue weighted by Crippen LogP contribution is 2.13. The van der Waals surface area contributed by atoms with Gasteiger partial charge in [-0.05, 0) is 12.6 Å². The van der Waals surface area contributed by atoms with Gasteiger partial charge < -0.3 is 14.6 Å². The van der Waals surface area contributed by atoms with Crippen LogP contribution in [-0.4, -0.2) is 39.7 Å². The SMILES string of the molecule is CN(CCc1nccn1C)CC(O)c1ccccc1. The van der Waals surface area contributed by atoms with Crippen molar-refractivity contribution in [3.05, 3.63) is 54.1 Å². The minimum atomic E-state index is -0.437. The second-order valence-electron chi connectivity index (χ2n) is 4.89. The van der Waals surface area contributed by atoms with Crippen LogP contribution in [0.25, 0.3) is 0 Å². The number of rotatable bonds is 6. The van der Waals surface area contributed by atoms with E-state index in [-0.39, 0.29) is 0 Å². The van der Waals surface area contributed by atoms with Crippen molar-refractivity contribution < 1.29 is 5.11 Å². The molecule has 1 aromatic heterocycles. The molecule has 0 saturated heterocycles. The van der Waals surface area contributed by atoms with Crippen LogP contribution in [0, 0.1) is 0 Å². The molecular formula is C15H21N3O. The van der Waals surface area contributed by atoms with Gasteiger partial charge in [-0.3, -0.25) is 0 Å². The highest BCUT2D eigenvalue weighted by molar-refractivity contribution is 5.17. The molecule has 1 N–H and O–H groups in total. The molecule has 4 nitrogen and oxygen atoms in total. The zero-order valence-electron chi connectivity index (χ0n) is 11.5. The van der Waals surface area contributed by atoms with Crippen molar-refractivity contribution in [3.63, 3.8) is 0 Å². The Labute approximate surface area is 114 Å². The summed E-state index contributed by atoms with van der Waals surface area (Å²) in [6, 6.07) is 9.77. The summed E-state index contributed by atoms with van der Waals surface area (Å²) in [6.45, 7) is 1.52. The summed E-state index contributed by atoms with van der Waals surface area (Å²) in [7, 11) is 4.02. The van der Waals surface area contributed by atoms with Crippen LogP contribution in [-0.2, 0) is 13.5 Å². The van der Waals surface area contributed by atoms with Crippen molar-refractivity contribution in [2.45, 2.75) is 12.5 Å². The van der Waals surface area contributed by atoms with Gasteiger partial charge in [-0.1, -0.05) is 30.3 Å². The summed E-state index contributed by atoms with van der Waals surface area (Å²) >= 11 is 0. The van der Waals surface area contributed by atoms with Gasteiger partial charge in [-0.15, -0.1) is 0 Å². The van der Waals surface area contributed by atoms with E-state index < -0.39 is 6.10 Å². The van der Waals surface area contributed by atoms with Gasteiger partial charge in [0.1, 0.15) is 5.82 Å². The topological polar surface area (TPSA) is 41.3 Å². The Hall–Kier alpha value is -1.65. The lowest BCUT2D eigenvalue weighted by molar-refractivity contribution is 0.127. The van der Waals surface area contributed by atoms with Gasteiger partial charge in [0.05, 0.1) is 6.10 Å². The number of aliphatic hydroxyl groups is 1. The molecule has 1 atom stereocenters. The van der Waals surface area contributed by atoms with Crippen molar-refractivity contribution >= 4 is 0 Å². The van der Waals surface area contributed by atoms with Gasteiger partial charge in [0, 0.05) is 39.0 Å². The fraction of sp³-hybridized carbons (Fsp3) is 0.400. The maximum Gasteiger partial charge on any atom is 0.109 e. The first-order valence-electron chi connectivity index (χ1n) is 6.54. The molecule has 0 radical (unpaired) electrons. The molecule has 0 bridgehead atoms. The zero-order valence-corrected chi connectivity index (χ0v) is 11.5. The van der Waals surface area contributed by atoms with Crippen LogP contribution in [0.15, 0.2) is 42.7 Å². The van der Waals surface area contributed by atoms with E-state index in [0.717, 1.165) is 24.4 Å². The fourth-order valence-electron chi connectivity index (χ4n) is 2.10. The predicted molar refractivity (Wildman–Crippen MR) is 75.8 cm³/mol. The summed E-state index contributed by atoms with van der Waals surface area (Å²) in [5.74, 6) is 1.07. The molecule has 0 aliphatic carbocycles. The first-order valence-corrected chi connectivity index (χ1v) is 6.54. The van der Waals surface area contributed by atoms with Gasteiger partial charge in [0.15, 0.2) is 0 Å². The number of likely N-dealkylation sites (N-methyl/N-ethyl adjacent to an activating group) is 1. The van der Waals surface area contributed by atoms with Gasteiger partial charge in [-0.25, -0.2) is 4.98 Å². The fourth-order valence-corrected chi connectivity index (χ4v) is 2.10. The average Bonchev–Trinajstić information content (AvgIpc) is 2.83. The van der Waals surface area contributed by atoms with Gasteiger partial charge in [0.25, 0.3) is 0 Å². The number of benzene rings is 1. The standard InChI is InChI=1S/C15H21N3O/c1-17(10-8-15-16-9-11-18(15)2)12-14(19)13-6-4-3-5-7-13/h3-7,9,11,14,19H,8,10,12H2,1-2H3. The van der Waals surface area contributed by atoms with Crippen LogP contribution in [0.2, 0.25) is 0 Å². The first-order chi connectivity index (χ1) is 9.16. The largest absolute Gasteiger partial charge is 0.387 e. The predicted octanol–water partition coefficient (Wildman–Crippen LogP) is 1.63. The Morgan fingerprint density at radius 1 is 1.32 bits per heavy atom. The van der Waals surface area contributed by atoms with E-state index >= 15 is 0 Å². The van der Waals surface area contributed by atoms with E-state index in [4.69, 9.17) is 0 Å². The van der Waals surface area contributed by atoms with Crippen molar-refractivity contribution in [2.24, 2.45) is 7.05 Å². The smallest absolute Gasteiger partial charge is 0.109 e. The summed E-state index contributed by atoms with van der Waals surface area (Å²) in [5, 5.41) is 10.1. The Kier molecular flexibility index (Phi) is 4.71. The second kappa shape index (κ2) is 6.50. The molecule has 4 heteroatoms. The average molecular weight is 259 g/mol. The number of aliphatic hydroxyl groups excluding tert-OH is 1. The number of hydrogen-bond acceptors (Lipinski definition) is 3. The molecule has 0 amide bonds. The molecule has 1 aromatic carbocycles. The molecule has 0 fully saturated rings. The molecule has 2 rings (SSSR count). The van der Waals surface area contributed by atoms with Crippen LogP contribution in [0.4, 0.5) is 0 Å². The minimum Gasteiger partial charge on any atom is -0.387 e. The molecule has 1 unspecified atom stereocenters. The Morgan fingerprint density at radius 2 is 2.05 bits per heavy atom. The second-order valence-corrected chi connectivity index (χ2v) is 4.89. The summed E-state index contributed by atoms with van der Waals surface area (Å²) in [6.07, 6.45) is 4.22. The monoisotopic (exact) mass is 259 g/mol. The van der Waals surface area contributed by atoms with Crippen LogP contribution >= 0.6 is 0 Å². The van der Waals surface area contributed by atoms with Crippen molar-refractivity contribution in [3.8, 4) is 0 Å². The maximum absolute atomic E-state index is 10.1. The van der Waals surface area contributed by atoms with E-state index in [1.165, 1.54) is 0 Å². The highest BCUT2D eigenvalue weighted by atomic mass is 16.3. The molecule has 0 spiro atoms. The van der Waals surface area contributed by atoms with E-state index in [0.29, 0.717) is 6.54 Å². The first kappa shape index (κ1) is 13.8. The van der Waals surface area contributed by atoms with E-state index in [1.807, 2.05) is 61.4 Å².